The molecule has 1 atom stereocenters. The number of benzene rings is 2. The zero-order valence-electron chi connectivity index (χ0n) is 11.9. The molecule has 0 aliphatic carbocycles. The molecule has 0 heterocycles. The first-order chi connectivity index (χ1) is 9.74. The Morgan fingerprint density at radius 3 is 2.60 bits per heavy atom. The third-order valence-electron chi connectivity index (χ3n) is 3.28. The molecule has 0 saturated carbocycles. The van der Waals surface area contributed by atoms with E-state index >= 15 is 0 Å². The van der Waals surface area contributed by atoms with Gasteiger partial charge in [-0.3, -0.25) is 0 Å². The summed E-state index contributed by atoms with van der Waals surface area (Å²) in [5.74, 6) is 0.805. The van der Waals surface area contributed by atoms with E-state index in [9.17, 15) is 5.11 Å². The number of hydrogen-bond donors (Lipinski definition) is 1. The molecule has 20 heavy (non-hydrogen) atoms. The number of methoxy groups -OCH3 is 2. The molecule has 2 aromatic rings. The van der Waals surface area contributed by atoms with Crippen LogP contribution in [-0.4, -0.2) is 19.3 Å². The summed E-state index contributed by atoms with van der Waals surface area (Å²) in [7, 11) is 3.30. The van der Waals surface area contributed by atoms with E-state index in [-0.39, 0.29) is 0 Å². The Morgan fingerprint density at radius 2 is 1.85 bits per heavy atom. The Bertz CT molecular complexity index is 551. The van der Waals surface area contributed by atoms with E-state index in [1.807, 2.05) is 48.5 Å². The molecular weight excluding hydrogens is 252 g/mol. The van der Waals surface area contributed by atoms with Gasteiger partial charge in [-0.2, -0.15) is 0 Å². The Hall–Kier alpha value is -1.84. The van der Waals surface area contributed by atoms with Crippen molar-refractivity contribution in [3.05, 3.63) is 65.2 Å². The first kappa shape index (κ1) is 14.6. The quantitative estimate of drug-likeness (QED) is 0.878. The van der Waals surface area contributed by atoms with Gasteiger partial charge in [0.15, 0.2) is 0 Å². The maximum atomic E-state index is 10.4. The minimum absolute atomic E-state index is 0.505. The molecule has 0 spiro atoms. The van der Waals surface area contributed by atoms with Gasteiger partial charge in [0.2, 0.25) is 0 Å². The second-order valence-corrected chi connectivity index (χ2v) is 4.70. The van der Waals surface area contributed by atoms with Gasteiger partial charge in [0.25, 0.3) is 0 Å². The van der Waals surface area contributed by atoms with Gasteiger partial charge < -0.3 is 14.6 Å². The molecule has 0 saturated heterocycles. The minimum atomic E-state index is -0.548. The highest BCUT2D eigenvalue weighted by molar-refractivity contribution is 5.33. The fourth-order valence-electron chi connectivity index (χ4n) is 2.28. The van der Waals surface area contributed by atoms with Crippen LogP contribution in [0.25, 0.3) is 0 Å². The van der Waals surface area contributed by atoms with Crippen molar-refractivity contribution in [2.45, 2.75) is 19.1 Å². The van der Waals surface area contributed by atoms with E-state index < -0.39 is 6.10 Å². The highest BCUT2D eigenvalue weighted by Gasteiger charge is 2.13. The zero-order chi connectivity index (χ0) is 14.4. The lowest BCUT2D eigenvalue weighted by Gasteiger charge is -2.15. The largest absolute Gasteiger partial charge is 0.497 e. The number of aliphatic hydroxyl groups is 1. The molecule has 106 valence electrons. The molecule has 3 nitrogen and oxygen atoms in total. The van der Waals surface area contributed by atoms with E-state index in [4.69, 9.17) is 9.47 Å². The van der Waals surface area contributed by atoms with Crippen LogP contribution < -0.4 is 4.74 Å². The first-order valence-corrected chi connectivity index (χ1v) is 6.62. The first-order valence-electron chi connectivity index (χ1n) is 6.62. The van der Waals surface area contributed by atoms with Crippen LogP contribution in [0.2, 0.25) is 0 Å². The molecular formula is C17H20O3. The van der Waals surface area contributed by atoms with Crippen molar-refractivity contribution < 1.29 is 14.6 Å². The van der Waals surface area contributed by atoms with E-state index in [2.05, 4.69) is 0 Å². The predicted molar refractivity (Wildman–Crippen MR) is 78.8 cm³/mol. The number of rotatable bonds is 6. The molecule has 1 N–H and O–H groups in total. The number of hydrogen-bond acceptors (Lipinski definition) is 3. The van der Waals surface area contributed by atoms with Crippen LogP contribution in [0.1, 0.15) is 22.8 Å². The van der Waals surface area contributed by atoms with Gasteiger partial charge in [-0.05, 0) is 28.8 Å². The van der Waals surface area contributed by atoms with Gasteiger partial charge in [0.1, 0.15) is 5.75 Å². The standard InChI is InChI=1S/C17H20O3/c1-19-12-14-7-3-4-9-16(14)17(18)11-13-6-5-8-15(10-13)20-2/h3-10,17-18H,11-12H2,1-2H3. The van der Waals surface area contributed by atoms with E-state index in [0.717, 1.165) is 22.4 Å². The molecule has 0 aliphatic heterocycles. The molecule has 0 amide bonds. The van der Waals surface area contributed by atoms with Gasteiger partial charge >= 0.3 is 0 Å². The molecule has 0 radical (unpaired) electrons. The van der Waals surface area contributed by atoms with Crippen molar-refractivity contribution in [3.8, 4) is 5.75 Å². The minimum Gasteiger partial charge on any atom is -0.497 e. The van der Waals surface area contributed by atoms with Crippen LogP contribution in [0.4, 0.5) is 0 Å². The maximum absolute atomic E-state index is 10.4. The Labute approximate surface area is 119 Å². The highest BCUT2D eigenvalue weighted by atomic mass is 16.5. The van der Waals surface area contributed by atoms with Crippen molar-refractivity contribution in [2.24, 2.45) is 0 Å². The SMILES string of the molecule is COCc1ccccc1C(O)Cc1cccc(OC)c1. The average Bonchev–Trinajstić information content (AvgIpc) is 2.48. The van der Waals surface area contributed by atoms with Gasteiger partial charge in [-0.1, -0.05) is 36.4 Å². The summed E-state index contributed by atoms with van der Waals surface area (Å²) in [6.07, 6.45) is 0.00577. The van der Waals surface area contributed by atoms with Gasteiger partial charge in [-0.15, -0.1) is 0 Å². The van der Waals surface area contributed by atoms with Crippen molar-refractivity contribution in [2.75, 3.05) is 14.2 Å². The molecule has 2 aromatic carbocycles. The summed E-state index contributed by atoms with van der Waals surface area (Å²) in [6, 6.07) is 15.6. The van der Waals surface area contributed by atoms with Gasteiger partial charge in [0.05, 0.1) is 19.8 Å². The Morgan fingerprint density at radius 1 is 1.05 bits per heavy atom. The van der Waals surface area contributed by atoms with Crippen LogP contribution in [0, 0.1) is 0 Å². The van der Waals surface area contributed by atoms with Crippen molar-refractivity contribution in [1.82, 2.24) is 0 Å². The third kappa shape index (κ3) is 3.59. The fraction of sp³-hybridized carbons (Fsp3) is 0.294. The molecule has 0 fully saturated rings. The summed E-state index contributed by atoms with van der Waals surface area (Å²) >= 11 is 0. The smallest absolute Gasteiger partial charge is 0.119 e. The molecule has 2 rings (SSSR count). The van der Waals surface area contributed by atoms with E-state index in [1.165, 1.54) is 0 Å². The topological polar surface area (TPSA) is 38.7 Å². The lowest BCUT2D eigenvalue weighted by atomic mass is 9.97. The number of ether oxygens (including phenoxy) is 2. The second-order valence-electron chi connectivity index (χ2n) is 4.70. The second kappa shape index (κ2) is 7.08. The monoisotopic (exact) mass is 272 g/mol. The molecule has 3 heteroatoms. The average molecular weight is 272 g/mol. The number of aliphatic hydroxyl groups excluding tert-OH is 1. The molecule has 1 unspecified atom stereocenters. The van der Waals surface area contributed by atoms with Crippen molar-refractivity contribution >= 4 is 0 Å². The van der Waals surface area contributed by atoms with Crippen LogP contribution in [0.15, 0.2) is 48.5 Å². The maximum Gasteiger partial charge on any atom is 0.119 e. The summed E-state index contributed by atoms with van der Waals surface area (Å²) in [5.41, 5.74) is 2.98. The van der Waals surface area contributed by atoms with E-state index in [0.29, 0.717) is 13.0 Å². The summed E-state index contributed by atoms with van der Waals surface area (Å²) in [5, 5.41) is 10.4. The van der Waals surface area contributed by atoms with Crippen LogP contribution >= 0.6 is 0 Å². The summed E-state index contributed by atoms with van der Waals surface area (Å²) in [4.78, 5) is 0. The van der Waals surface area contributed by atoms with Crippen LogP contribution in [0.3, 0.4) is 0 Å². The lowest BCUT2D eigenvalue weighted by molar-refractivity contribution is 0.161. The normalized spacial score (nSPS) is 12.2. The zero-order valence-corrected chi connectivity index (χ0v) is 11.9. The highest BCUT2D eigenvalue weighted by Crippen LogP contribution is 2.24. The summed E-state index contributed by atoms with van der Waals surface area (Å²) < 4.78 is 10.4. The fourth-order valence-corrected chi connectivity index (χ4v) is 2.28. The summed E-state index contributed by atoms with van der Waals surface area (Å²) in [6.45, 7) is 0.505. The third-order valence-corrected chi connectivity index (χ3v) is 3.28. The molecule has 0 aromatic heterocycles. The molecule has 0 bridgehead atoms. The van der Waals surface area contributed by atoms with Crippen LogP contribution in [0.5, 0.6) is 5.75 Å². The van der Waals surface area contributed by atoms with Gasteiger partial charge in [0, 0.05) is 13.5 Å². The van der Waals surface area contributed by atoms with Crippen LogP contribution in [-0.2, 0) is 17.8 Å². The van der Waals surface area contributed by atoms with E-state index in [1.54, 1.807) is 14.2 Å². The van der Waals surface area contributed by atoms with Crippen molar-refractivity contribution in [1.29, 1.82) is 0 Å². The Kier molecular flexibility index (Phi) is 5.16. The Balaban J connectivity index is 2.17. The lowest BCUT2D eigenvalue weighted by Crippen LogP contribution is -2.06. The predicted octanol–water partition coefficient (Wildman–Crippen LogP) is 3.12. The van der Waals surface area contributed by atoms with Crippen molar-refractivity contribution in [3.63, 3.8) is 0 Å². The van der Waals surface area contributed by atoms with Gasteiger partial charge in [-0.25, -0.2) is 0 Å². The molecule has 0 aliphatic rings.